The SMILES string of the molecule is [2H]C([2H])([2H])C([2H])([2H])NC(=O)[C@@H]1CCCN1C(=O)C(CCCN=C(N)N)NC(=O)[C@@H](CC(C)C)NC(=O)[C@H](CC(C)C)NC(=O)[C@H](Cc1ccc(O)cc1)NC(=O)[C@H](CO)NC(=O)[C@H](Cc1c[nH]c2ccccc12)NC(=O)[C@H](Cc1cnc[nH]1)NC(=O)C1CCC(=O)N1. The number of aliphatic hydroxyl groups is 1. The predicted molar refractivity (Wildman–Crippen MR) is 320 cm³/mol. The van der Waals surface area contributed by atoms with Gasteiger partial charge in [0.2, 0.25) is 59.1 Å². The third-order valence-corrected chi connectivity index (χ3v) is 14.7. The molecule has 28 nitrogen and oxygen atoms in total. The van der Waals surface area contributed by atoms with Crippen LogP contribution in [0, 0.1) is 11.8 Å². The Morgan fingerprint density at radius 3 is 1.91 bits per heavy atom. The van der Waals surface area contributed by atoms with E-state index in [1.54, 1.807) is 58.2 Å². The maximum atomic E-state index is 14.7. The molecule has 2 aromatic heterocycles. The molecule has 2 saturated heterocycles. The van der Waals surface area contributed by atoms with E-state index in [1.165, 1.54) is 36.8 Å². The number of aromatic nitrogens is 3. The van der Waals surface area contributed by atoms with Crippen LogP contribution >= 0.6 is 0 Å². The number of aromatic amines is 2. The van der Waals surface area contributed by atoms with Gasteiger partial charge in [-0.1, -0.05) is 58.0 Å². The molecule has 6 rings (SSSR count). The normalized spacial score (nSPS) is 18.3. The van der Waals surface area contributed by atoms with Crippen LogP contribution in [0.4, 0.5) is 0 Å². The van der Waals surface area contributed by atoms with E-state index in [9.17, 15) is 58.2 Å². The molecule has 0 bridgehead atoms. The summed E-state index contributed by atoms with van der Waals surface area (Å²) in [5.41, 5.74) is 13.2. The number of likely N-dealkylation sites (tertiary alicyclic amines) is 1. The number of phenolic OH excluding ortho intramolecular Hbond substituents is 1. The zero-order chi connectivity index (χ0) is 67.6. The molecule has 10 amide bonds. The van der Waals surface area contributed by atoms with Crippen molar-refractivity contribution in [3.63, 3.8) is 0 Å². The summed E-state index contributed by atoms with van der Waals surface area (Å²) in [6.45, 7) is -0.344. The first kappa shape index (κ1) is 59.6. The predicted octanol–water partition coefficient (Wildman–Crippen LogP) is -1.44. The smallest absolute Gasteiger partial charge is 0.245 e. The molecular formula is C59H84N16O12. The van der Waals surface area contributed by atoms with E-state index in [2.05, 4.69) is 62.5 Å². The molecule has 2 unspecified atom stereocenters. The topological polar surface area (TPSA) is 432 Å². The van der Waals surface area contributed by atoms with Crippen LogP contribution in [0.3, 0.4) is 0 Å². The highest BCUT2D eigenvalue weighted by Gasteiger charge is 2.40. The van der Waals surface area contributed by atoms with Crippen molar-refractivity contribution in [1.82, 2.24) is 67.7 Å². The monoisotopic (exact) mass is 1210 g/mol. The molecule has 2 aliphatic heterocycles. The molecule has 4 aromatic rings. The van der Waals surface area contributed by atoms with E-state index in [0.29, 0.717) is 27.7 Å². The Balaban J connectivity index is 1.23. The van der Waals surface area contributed by atoms with Crippen LogP contribution in [0.5, 0.6) is 5.75 Å². The average molecular weight is 1210 g/mol. The number of imidazole rings is 1. The number of aromatic hydroxyl groups is 1. The molecule has 0 radical (unpaired) electrons. The number of amides is 10. The Morgan fingerprint density at radius 1 is 0.736 bits per heavy atom. The summed E-state index contributed by atoms with van der Waals surface area (Å²) >= 11 is 0. The van der Waals surface area contributed by atoms with Crippen LogP contribution in [0.1, 0.15) is 110 Å². The molecule has 87 heavy (non-hydrogen) atoms. The number of nitrogens with one attached hydrogen (secondary N) is 11. The standard InChI is InChI=1S/C59H84N16O12/c1-6-63-57(86)48-14-10-22-75(48)58(87)41(13-9-21-64-59(60)61)68-51(80)42(23-32(2)3)69-52(81)43(24-33(4)5)70-53(82)44(25-34-15-17-37(77)18-16-34)71-56(85)47(30-76)74-54(83)45(26-35-28-65-39-12-8-7-11-38(35)39)72-55(84)46(27-36-29-62-31-66-36)73-50(79)40-19-20-49(78)67-40/h7-8,11-12,15-18,28-29,31-33,40-48,65,76-77H,6,9-10,13-14,19-27,30H2,1-5H3,(H,62,66)(H,63,86)(H,67,78)(H,68,80)(H,69,81)(H,70,82)(H,71,85)(H,72,84)(H,73,79)(H,74,83)(H4,60,61,64)/t40?,41?,42-,43+,44+,45+,46+,47+,48+/m1/s1/i1D3,6D2. The van der Waals surface area contributed by atoms with E-state index in [4.69, 9.17) is 18.3 Å². The maximum absolute atomic E-state index is 14.7. The van der Waals surface area contributed by atoms with Gasteiger partial charge in [-0.2, -0.15) is 0 Å². The molecule has 28 heteroatoms. The number of phenols is 1. The van der Waals surface area contributed by atoms with Gasteiger partial charge in [-0.3, -0.25) is 52.9 Å². The minimum absolute atomic E-state index is 0.00244. The van der Waals surface area contributed by atoms with Gasteiger partial charge < -0.3 is 84.4 Å². The number of benzene rings is 2. The molecule has 0 spiro atoms. The number of likely N-dealkylation sites (N-methyl/N-ethyl adjacent to an activating group) is 1. The van der Waals surface area contributed by atoms with E-state index in [0.717, 1.165) is 4.90 Å². The lowest BCUT2D eigenvalue weighted by molar-refractivity contribution is -0.142. The van der Waals surface area contributed by atoms with Crippen LogP contribution in [-0.4, -0.2) is 176 Å². The van der Waals surface area contributed by atoms with Gasteiger partial charge in [0.15, 0.2) is 5.96 Å². The highest BCUT2D eigenvalue weighted by atomic mass is 16.3. The van der Waals surface area contributed by atoms with Gasteiger partial charge in [-0.25, -0.2) is 4.98 Å². The van der Waals surface area contributed by atoms with Crippen molar-refractivity contribution in [2.75, 3.05) is 26.2 Å². The summed E-state index contributed by atoms with van der Waals surface area (Å²) in [4.78, 5) is 156. The van der Waals surface area contributed by atoms with Crippen molar-refractivity contribution in [1.29, 1.82) is 0 Å². The summed E-state index contributed by atoms with van der Waals surface area (Å²) in [7, 11) is 0. The van der Waals surface area contributed by atoms with Crippen LogP contribution in [0.15, 0.2) is 72.2 Å². The van der Waals surface area contributed by atoms with Crippen molar-refractivity contribution in [3.05, 3.63) is 84.1 Å². The molecular weight excluding hydrogens is 1120 g/mol. The largest absolute Gasteiger partial charge is 0.508 e. The Labute approximate surface area is 511 Å². The molecule has 9 atom stereocenters. The number of aliphatic hydroxyl groups excluding tert-OH is 1. The van der Waals surface area contributed by atoms with Crippen LogP contribution in [-0.2, 0) is 67.2 Å². The minimum atomic E-state index is -3.24. The number of fused-ring (bicyclic) bond motifs is 1. The first-order chi connectivity index (χ1) is 43.4. The van der Waals surface area contributed by atoms with Crippen LogP contribution in [0.25, 0.3) is 10.9 Å². The Kier molecular flexibility index (Phi) is 22.2. The number of carbonyl (C=O) groups is 10. The first-order valence-corrected chi connectivity index (χ1v) is 28.9. The van der Waals surface area contributed by atoms with Crippen molar-refractivity contribution in [2.45, 2.75) is 160 Å². The molecule has 17 N–H and O–H groups in total. The zero-order valence-electron chi connectivity index (χ0n) is 54.1. The fourth-order valence-corrected chi connectivity index (χ4v) is 10.4. The first-order valence-electron chi connectivity index (χ1n) is 31.4. The molecule has 2 aliphatic rings. The maximum Gasteiger partial charge on any atom is 0.245 e. The summed E-state index contributed by atoms with van der Waals surface area (Å²) < 4.78 is 38.6. The quantitative estimate of drug-likeness (QED) is 0.0151. The molecule has 0 aliphatic carbocycles. The van der Waals surface area contributed by atoms with Crippen LogP contribution in [0.2, 0.25) is 0 Å². The number of hydrogen-bond acceptors (Lipinski definition) is 14. The van der Waals surface area contributed by atoms with Gasteiger partial charge in [0.05, 0.1) is 12.9 Å². The number of guanidine groups is 1. The van der Waals surface area contributed by atoms with Crippen molar-refractivity contribution < 1.29 is 65.0 Å². The third kappa shape index (κ3) is 20.0. The highest BCUT2D eigenvalue weighted by Crippen LogP contribution is 2.22. The second kappa shape index (κ2) is 32.4. The minimum Gasteiger partial charge on any atom is -0.508 e. The third-order valence-electron chi connectivity index (χ3n) is 14.7. The van der Waals surface area contributed by atoms with Gasteiger partial charge in [0, 0.05) is 81.1 Å². The fraction of sp³-hybridized carbons (Fsp3) is 0.525. The lowest BCUT2D eigenvalue weighted by Gasteiger charge is -2.31. The number of H-pyrrole nitrogens is 2. The van der Waals surface area contributed by atoms with Gasteiger partial charge in [0.25, 0.3) is 0 Å². The van der Waals surface area contributed by atoms with E-state index < -0.39 is 127 Å². The summed E-state index contributed by atoms with van der Waals surface area (Å²) in [5.74, 6) is -9.24. The Hall–Kier alpha value is -9.08. The lowest BCUT2D eigenvalue weighted by Crippen LogP contribution is -2.61. The average Bonchev–Trinajstić information content (AvgIpc) is 1.55. The summed E-state index contributed by atoms with van der Waals surface area (Å²) in [6.07, 6.45) is 4.47. The zero-order valence-corrected chi connectivity index (χ0v) is 49.1. The number of carbonyl (C=O) groups excluding carboxylic acids is 10. The molecule has 2 fully saturated rings. The Morgan fingerprint density at radius 2 is 1.32 bits per heavy atom. The Bertz CT molecular complexity index is 3270. The second-order valence-corrected chi connectivity index (χ2v) is 22.5. The van der Waals surface area contributed by atoms with E-state index >= 15 is 0 Å². The number of aliphatic imine (C=N–C) groups is 1. The highest BCUT2D eigenvalue weighted by molar-refractivity contribution is 5.99. The van der Waals surface area contributed by atoms with E-state index in [1.807, 2.05) is 5.32 Å². The molecule has 2 aromatic carbocycles. The number of hydrogen-bond donors (Lipinski definition) is 15. The summed E-state index contributed by atoms with van der Waals surface area (Å²) in [6, 6.07) is 0.220. The van der Waals surface area contributed by atoms with Crippen molar-refractivity contribution >= 4 is 75.9 Å². The lowest BCUT2D eigenvalue weighted by atomic mass is 9.98. The van der Waals surface area contributed by atoms with Gasteiger partial charge >= 0.3 is 0 Å². The molecule has 0 saturated carbocycles. The second-order valence-electron chi connectivity index (χ2n) is 22.5. The van der Waals surface area contributed by atoms with Gasteiger partial charge in [-0.05, 0) is 93.0 Å². The number of nitrogens with two attached hydrogens (primary N) is 2. The van der Waals surface area contributed by atoms with Crippen molar-refractivity contribution in [3.8, 4) is 5.75 Å². The number of nitrogens with zero attached hydrogens (tertiary/aromatic N) is 3. The number of rotatable bonds is 32. The van der Waals surface area contributed by atoms with Gasteiger partial charge in [-0.15, -0.1) is 0 Å². The van der Waals surface area contributed by atoms with Crippen molar-refractivity contribution in [2.24, 2.45) is 28.3 Å². The molecule has 472 valence electrons. The summed E-state index contributed by atoms with van der Waals surface area (Å²) in [5, 5.41) is 44.7. The van der Waals surface area contributed by atoms with Gasteiger partial charge in [0.1, 0.15) is 60.1 Å². The van der Waals surface area contributed by atoms with E-state index in [-0.39, 0.29) is 113 Å². The fourth-order valence-electron chi connectivity index (χ4n) is 10.4. The number of para-hydroxylation sites is 1. The molecule has 4 heterocycles. The van der Waals surface area contributed by atoms with Crippen LogP contribution < -0.4 is 59.3 Å².